The van der Waals surface area contributed by atoms with Crippen LogP contribution in [0.5, 0.6) is 0 Å². The standard InChI is InChI=1S/C14H10F6O4/c1-3-23-13(21)6(9(17)14(22)24-4-2)5-7(15)10(18)12(20)11(19)8(5)16/h3-4H2,1-2H3/b9-6+. The van der Waals surface area contributed by atoms with E-state index in [9.17, 15) is 35.9 Å². The number of hydrogen-bond acceptors (Lipinski definition) is 4. The van der Waals surface area contributed by atoms with Crippen LogP contribution in [-0.4, -0.2) is 25.2 Å². The Bertz CT molecular complexity index is 685. The Kier molecular flexibility index (Phi) is 6.38. The van der Waals surface area contributed by atoms with E-state index in [0.717, 1.165) is 0 Å². The summed E-state index contributed by atoms with van der Waals surface area (Å²) in [7, 11) is 0. The molecule has 0 heterocycles. The molecule has 0 amide bonds. The molecular weight excluding hydrogens is 346 g/mol. The summed E-state index contributed by atoms with van der Waals surface area (Å²) in [5, 5.41) is 0. The molecule has 1 aromatic rings. The first-order valence-corrected chi connectivity index (χ1v) is 6.44. The Labute approximate surface area is 131 Å². The van der Waals surface area contributed by atoms with Crippen LogP contribution in [0.1, 0.15) is 19.4 Å². The number of benzene rings is 1. The van der Waals surface area contributed by atoms with Gasteiger partial charge >= 0.3 is 11.9 Å². The van der Waals surface area contributed by atoms with Gasteiger partial charge in [0.1, 0.15) is 5.57 Å². The van der Waals surface area contributed by atoms with Crippen LogP contribution in [0.25, 0.3) is 5.57 Å². The Balaban J connectivity index is 3.79. The fraction of sp³-hybridized carbons (Fsp3) is 0.286. The van der Waals surface area contributed by atoms with Crippen LogP contribution in [0.2, 0.25) is 0 Å². The largest absolute Gasteiger partial charge is 0.462 e. The zero-order valence-corrected chi connectivity index (χ0v) is 12.3. The third-order valence-electron chi connectivity index (χ3n) is 2.61. The van der Waals surface area contributed by atoms with Crippen LogP contribution in [0.15, 0.2) is 5.83 Å². The summed E-state index contributed by atoms with van der Waals surface area (Å²) in [5.74, 6) is -18.1. The van der Waals surface area contributed by atoms with Crippen LogP contribution in [0.4, 0.5) is 26.3 Å². The number of ether oxygens (including phenoxy) is 2. The van der Waals surface area contributed by atoms with Crippen molar-refractivity contribution in [1.29, 1.82) is 0 Å². The lowest BCUT2D eigenvalue weighted by Crippen LogP contribution is -2.18. The first-order valence-electron chi connectivity index (χ1n) is 6.44. The lowest BCUT2D eigenvalue weighted by Gasteiger charge is -2.12. The Morgan fingerprint density at radius 2 is 1.12 bits per heavy atom. The van der Waals surface area contributed by atoms with E-state index in [0.29, 0.717) is 0 Å². The van der Waals surface area contributed by atoms with Gasteiger partial charge in [-0.05, 0) is 13.8 Å². The summed E-state index contributed by atoms with van der Waals surface area (Å²) < 4.78 is 89.7. The lowest BCUT2D eigenvalue weighted by atomic mass is 10.0. The average molecular weight is 356 g/mol. The monoisotopic (exact) mass is 356 g/mol. The van der Waals surface area contributed by atoms with E-state index in [1.165, 1.54) is 13.8 Å². The van der Waals surface area contributed by atoms with Crippen LogP contribution in [0, 0.1) is 29.1 Å². The minimum atomic E-state index is -2.51. The van der Waals surface area contributed by atoms with Gasteiger partial charge in [0.2, 0.25) is 11.6 Å². The van der Waals surface area contributed by atoms with E-state index in [2.05, 4.69) is 9.47 Å². The van der Waals surface area contributed by atoms with Crippen molar-refractivity contribution in [3.63, 3.8) is 0 Å². The summed E-state index contributed by atoms with van der Waals surface area (Å²) in [6.07, 6.45) is 0. The molecule has 0 aliphatic rings. The van der Waals surface area contributed by atoms with Crippen molar-refractivity contribution in [2.75, 3.05) is 13.2 Å². The number of hydrogen-bond donors (Lipinski definition) is 0. The smallest absolute Gasteiger partial charge is 0.368 e. The van der Waals surface area contributed by atoms with Crippen LogP contribution in [-0.2, 0) is 19.1 Å². The molecule has 24 heavy (non-hydrogen) atoms. The molecule has 10 heteroatoms. The van der Waals surface area contributed by atoms with E-state index in [4.69, 9.17) is 0 Å². The maximum atomic E-state index is 14.1. The average Bonchev–Trinajstić information content (AvgIpc) is 2.54. The van der Waals surface area contributed by atoms with Gasteiger partial charge in [0.15, 0.2) is 23.3 Å². The van der Waals surface area contributed by atoms with Gasteiger partial charge in [-0.1, -0.05) is 0 Å². The van der Waals surface area contributed by atoms with E-state index in [-0.39, 0.29) is 6.61 Å². The molecule has 0 unspecified atom stereocenters. The molecule has 1 aromatic carbocycles. The maximum absolute atomic E-state index is 14.1. The molecule has 1 rings (SSSR count). The van der Waals surface area contributed by atoms with Gasteiger partial charge < -0.3 is 9.47 Å². The SMILES string of the molecule is CCOC(=O)/C(F)=C(\C(=O)OCC)c1c(F)c(F)c(F)c(F)c1F. The maximum Gasteiger partial charge on any atom is 0.368 e. The molecule has 0 saturated carbocycles. The molecule has 0 aliphatic carbocycles. The van der Waals surface area contributed by atoms with Gasteiger partial charge in [0.05, 0.1) is 18.8 Å². The van der Waals surface area contributed by atoms with Crippen molar-refractivity contribution in [3.8, 4) is 0 Å². The van der Waals surface area contributed by atoms with Crippen molar-refractivity contribution in [1.82, 2.24) is 0 Å². The molecule has 0 atom stereocenters. The molecule has 0 N–H and O–H groups in total. The fourth-order valence-electron chi connectivity index (χ4n) is 1.63. The highest BCUT2D eigenvalue weighted by molar-refractivity contribution is 6.22. The molecule has 0 aliphatic heterocycles. The zero-order chi connectivity index (χ0) is 18.6. The van der Waals surface area contributed by atoms with Crippen LogP contribution >= 0.6 is 0 Å². The second-order valence-electron chi connectivity index (χ2n) is 4.07. The number of carbonyl (C=O) groups excluding carboxylic acids is 2. The molecule has 0 saturated heterocycles. The van der Waals surface area contributed by atoms with Gasteiger partial charge in [0.25, 0.3) is 0 Å². The minimum Gasteiger partial charge on any atom is -0.462 e. The predicted octanol–water partition coefficient (Wildman–Crippen LogP) is 3.19. The number of esters is 2. The quantitative estimate of drug-likeness (QED) is 0.267. The summed E-state index contributed by atoms with van der Waals surface area (Å²) in [5.41, 5.74) is -3.68. The predicted molar refractivity (Wildman–Crippen MR) is 67.5 cm³/mol. The zero-order valence-electron chi connectivity index (χ0n) is 12.3. The summed E-state index contributed by atoms with van der Waals surface area (Å²) in [4.78, 5) is 23.1. The van der Waals surface area contributed by atoms with Gasteiger partial charge in [0, 0.05) is 0 Å². The normalized spacial score (nSPS) is 11.8. The highest BCUT2D eigenvalue weighted by Crippen LogP contribution is 2.32. The lowest BCUT2D eigenvalue weighted by molar-refractivity contribution is -0.141. The Morgan fingerprint density at radius 1 is 0.750 bits per heavy atom. The van der Waals surface area contributed by atoms with Crippen LogP contribution < -0.4 is 0 Å². The summed E-state index contributed by atoms with van der Waals surface area (Å²) in [6, 6.07) is 0. The fourth-order valence-corrected chi connectivity index (χ4v) is 1.63. The third kappa shape index (κ3) is 3.52. The van der Waals surface area contributed by atoms with Crippen molar-refractivity contribution in [2.24, 2.45) is 0 Å². The molecule has 0 fully saturated rings. The molecule has 132 valence electrons. The first kappa shape index (κ1) is 19.5. The minimum absolute atomic E-state index is 0.376. The van der Waals surface area contributed by atoms with Crippen LogP contribution in [0.3, 0.4) is 0 Å². The van der Waals surface area contributed by atoms with E-state index < -0.39 is 64.6 Å². The van der Waals surface area contributed by atoms with E-state index >= 15 is 0 Å². The van der Waals surface area contributed by atoms with E-state index in [1.807, 2.05) is 0 Å². The molecular formula is C14H10F6O4. The van der Waals surface area contributed by atoms with Crippen molar-refractivity contribution >= 4 is 17.5 Å². The van der Waals surface area contributed by atoms with E-state index in [1.54, 1.807) is 0 Å². The van der Waals surface area contributed by atoms with Gasteiger partial charge in [-0.3, -0.25) is 0 Å². The Morgan fingerprint density at radius 3 is 1.54 bits per heavy atom. The van der Waals surface area contributed by atoms with Gasteiger partial charge in [-0.25, -0.2) is 31.5 Å². The second-order valence-corrected chi connectivity index (χ2v) is 4.07. The molecule has 0 aromatic heterocycles. The second kappa shape index (κ2) is 7.84. The number of carbonyl (C=O) groups is 2. The summed E-state index contributed by atoms with van der Waals surface area (Å²) in [6.45, 7) is 1.69. The van der Waals surface area contributed by atoms with Gasteiger partial charge in [-0.15, -0.1) is 0 Å². The molecule has 0 spiro atoms. The van der Waals surface area contributed by atoms with Crippen molar-refractivity contribution in [2.45, 2.75) is 13.8 Å². The van der Waals surface area contributed by atoms with Crippen molar-refractivity contribution < 1.29 is 45.4 Å². The molecule has 0 bridgehead atoms. The Hall–Kier alpha value is -2.52. The van der Waals surface area contributed by atoms with Gasteiger partial charge in [-0.2, -0.15) is 4.39 Å². The summed E-state index contributed by atoms with van der Waals surface area (Å²) >= 11 is 0. The third-order valence-corrected chi connectivity index (χ3v) is 2.61. The van der Waals surface area contributed by atoms with Crippen molar-refractivity contribution in [3.05, 3.63) is 40.5 Å². The first-order chi connectivity index (χ1) is 11.2. The topological polar surface area (TPSA) is 52.6 Å². The number of rotatable bonds is 5. The molecule has 0 radical (unpaired) electrons. The highest BCUT2D eigenvalue weighted by Gasteiger charge is 2.35. The highest BCUT2D eigenvalue weighted by atomic mass is 19.2. The number of halogens is 6. The molecule has 4 nitrogen and oxygen atoms in total.